The number of unbranched alkanes of at least 4 members (excludes halogenated alkanes) is 5. The SMILES string of the molecule is CCCCCCCCC(C)(C)C(C)(C)N. The maximum Gasteiger partial charge on any atom is 0.0148 e. The zero-order chi connectivity index (χ0) is 11.9. The van der Waals surface area contributed by atoms with Gasteiger partial charge in [0.2, 0.25) is 0 Å². The lowest BCUT2D eigenvalue weighted by Crippen LogP contribution is -2.47. The molecule has 0 unspecified atom stereocenters. The van der Waals surface area contributed by atoms with Crippen LogP contribution in [-0.2, 0) is 0 Å². The topological polar surface area (TPSA) is 26.0 Å². The molecule has 0 atom stereocenters. The molecule has 0 aromatic heterocycles. The predicted molar refractivity (Wildman–Crippen MR) is 70.0 cm³/mol. The van der Waals surface area contributed by atoms with Crippen molar-refractivity contribution in [3.05, 3.63) is 0 Å². The summed E-state index contributed by atoms with van der Waals surface area (Å²) >= 11 is 0. The molecule has 15 heavy (non-hydrogen) atoms. The van der Waals surface area contributed by atoms with Crippen LogP contribution >= 0.6 is 0 Å². The van der Waals surface area contributed by atoms with E-state index in [4.69, 9.17) is 5.73 Å². The highest BCUT2D eigenvalue weighted by Crippen LogP contribution is 2.33. The van der Waals surface area contributed by atoms with Crippen LogP contribution in [0.15, 0.2) is 0 Å². The van der Waals surface area contributed by atoms with E-state index >= 15 is 0 Å². The number of nitrogens with two attached hydrogens (primary N) is 1. The Kier molecular flexibility index (Phi) is 6.51. The van der Waals surface area contributed by atoms with Gasteiger partial charge >= 0.3 is 0 Å². The maximum absolute atomic E-state index is 6.18. The van der Waals surface area contributed by atoms with Crippen LogP contribution in [-0.4, -0.2) is 5.54 Å². The van der Waals surface area contributed by atoms with Gasteiger partial charge in [0.15, 0.2) is 0 Å². The van der Waals surface area contributed by atoms with E-state index in [1.807, 2.05) is 0 Å². The van der Waals surface area contributed by atoms with Crippen LogP contribution in [0.1, 0.15) is 79.6 Å². The van der Waals surface area contributed by atoms with E-state index < -0.39 is 0 Å². The van der Waals surface area contributed by atoms with E-state index in [0.717, 1.165) is 0 Å². The Balaban J connectivity index is 3.58. The molecule has 0 spiro atoms. The summed E-state index contributed by atoms with van der Waals surface area (Å²) in [5, 5.41) is 0. The van der Waals surface area contributed by atoms with Gasteiger partial charge in [-0.05, 0) is 25.7 Å². The summed E-state index contributed by atoms with van der Waals surface area (Å²) in [5.74, 6) is 0. The highest BCUT2D eigenvalue weighted by molar-refractivity contribution is 4.89. The minimum Gasteiger partial charge on any atom is -0.325 e. The molecule has 0 saturated heterocycles. The largest absolute Gasteiger partial charge is 0.325 e. The average Bonchev–Trinajstić information content (AvgIpc) is 2.09. The van der Waals surface area contributed by atoms with Crippen molar-refractivity contribution in [2.24, 2.45) is 11.1 Å². The summed E-state index contributed by atoms with van der Waals surface area (Å²) in [6.07, 6.45) is 9.49. The zero-order valence-electron chi connectivity index (χ0n) is 11.5. The quantitative estimate of drug-likeness (QED) is 0.590. The van der Waals surface area contributed by atoms with E-state index in [0.29, 0.717) is 0 Å². The summed E-state index contributed by atoms with van der Waals surface area (Å²) in [6, 6.07) is 0. The minimum absolute atomic E-state index is 0.0591. The Bertz CT molecular complexity index is 153. The second-order valence-electron chi connectivity index (χ2n) is 6.12. The molecular weight excluding hydrogens is 182 g/mol. The van der Waals surface area contributed by atoms with Crippen molar-refractivity contribution < 1.29 is 0 Å². The molecule has 0 amide bonds. The molecule has 0 aliphatic carbocycles. The molecule has 0 aliphatic rings. The molecule has 0 radical (unpaired) electrons. The highest BCUT2D eigenvalue weighted by Gasteiger charge is 2.32. The molecule has 0 aliphatic heterocycles. The first-order chi connectivity index (χ1) is 6.81. The molecule has 0 aromatic rings. The normalized spacial score (nSPS) is 13.2. The van der Waals surface area contributed by atoms with Crippen molar-refractivity contribution in [3.63, 3.8) is 0 Å². The number of hydrogen-bond donors (Lipinski definition) is 1. The second kappa shape index (κ2) is 6.52. The maximum atomic E-state index is 6.18. The zero-order valence-corrected chi connectivity index (χ0v) is 11.5. The number of hydrogen-bond acceptors (Lipinski definition) is 1. The van der Waals surface area contributed by atoms with Gasteiger partial charge in [-0.3, -0.25) is 0 Å². The lowest BCUT2D eigenvalue weighted by molar-refractivity contribution is 0.180. The van der Waals surface area contributed by atoms with Gasteiger partial charge in [0, 0.05) is 5.54 Å². The monoisotopic (exact) mass is 213 g/mol. The van der Waals surface area contributed by atoms with Crippen molar-refractivity contribution in [2.75, 3.05) is 0 Å². The van der Waals surface area contributed by atoms with E-state index in [1.165, 1.54) is 44.9 Å². The van der Waals surface area contributed by atoms with Gasteiger partial charge in [-0.1, -0.05) is 59.3 Å². The van der Waals surface area contributed by atoms with E-state index in [9.17, 15) is 0 Å². The molecule has 0 bridgehead atoms. The standard InChI is InChI=1S/C14H31N/c1-6-7-8-9-10-11-12-13(2,3)14(4,5)15/h6-12,15H2,1-5H3. The van der Waals surface area contributed by atoms with Gasteiger partial charge in [0.25, 0.3) is 0 Å². The lowest BCUT2D eigenvalue weighted by atomic mass is 9.72. The minimum atomic E-state index is -0.0591. The fourth-order valence-electron chi connectivity index (χ4n) is 1.67. The molecule has 1 heteroatoms. The Morgan fingerprint density at radius 2 is 1.27 bits per heavy atom. The molecule has 0 heterocycles. The van der Waals surface area contributed by atoms with Gasteiger partial charge in [-0.2, -0.15) is 0 Å². The predicted octanol–water partition coefficient (Wildman–Crippen LogP) is 4.50. The molecule has 0 aromatic carbocycles. The summed E-state index contributed by atoms with van der Waals surface area (Å²) in [4.78, 5) is 0. The summed E-state index contributed by atoms with van der Waals surface area (Å²) < 4.78 is 0. The fraction of sp³-hybridized carbons (Fsp3) is 1.00. The highest BCUT2D eigenvalue weighted by atomic mass is 14.7. The second-order valence-corrected chi connectivity index (χ2v) is 6.12. The van der Waals surface area contributed by atoms with Crippen LogP contribution in [0.3, 0.4) is 0 Å². The molecule has 92 valence electrons. The Hall–Kier alpha value is -0.0400. The van der Waals surface area contributed by atoms with Gasteiger partial charge in [-0.25, -0.2) is 0 Å². The van der Waals surface area contributed by atoms with Crippen LogP contribution in [0.5, 0.6) is 0 Å². The molecule has 0 rings (SSSR count). The fourth-order valence-corrected chi connectivity index (χ4v) is 1.67. The van der Waals surface area contributed by atoms with Crippen LogP contribution in [0.2, 0.25) is 0 Å². The lowest BCUT2D eigenvalue weighted by Gasteiger charge is -2.38. The summed E-state index contributed by atoms with van der Waals surface area (Å²) in [6.45, 7) is 11.1. The van der Waals surface area contributed by atoms with Crippen LogP contribution in [0.4, 0.5) is 0 Å². The van der Waals surface area contributed by atoms with Crippen LogP contribution in [0.25, 0.3) is 0 Å². The number of rotatable bonds is 8. The molecule has 0 fully saturated rings. The van der Waals surface area contributed by atoms with Crippen molar-refractivity contribution in [3.8, 4) is 0 Å². The van der Waals surface area contributed by atoms with Gasteiger partial charge in [0.05, 0.1) is 0 Å². The summed E-state index contributed by atoms with van der Waals surface area (Å²) in [7, 11) is 0. The molecular formula is C14H31N. The van der Waals surface area contributed by atoms with Crippen molar-refractivity contribution in [2.45, 2.75) is 85.1 Å². The molecule has 0 saturated carbocycles. The first-order valence-corrected chi connectivity index (χ1v) is 6.60. The smallest absolute Gasteiger partial charge is 0.0148 e. The Labute approximate surface area is 96.8 Å². The van der Waals surface area contributed by atoms with E-state index in [-0.39, 0.29) is 11.0 Å². The average molecular weight is 213 g/mol. The van der Waals surface area contributed by atoms with Gasteiger partial charge < -0.3 is 5.73 Å². The molecule has 2 N–H and O–H groups in total. The third-order valence-electron chi connectivity index (χ3n) is 3.90. The van der Waals surface area contributed by atoms with E-state index in [1.54, 1.807) is 0 Å². The van der Waals surface area contributed by atoms with Crippen molar-refractivity contribution in [1.82, 2.24) is 0 Å². The third kappa shape index (κ3) is 6.19. The van der Waals surface area contributed by atoms with E-state index in [2.05, 4.69) is 34.6 Å². The van der Waals surface area contributed by atoms with Crippen molar-refractivity contribution >= 4 is 0 Å². The van der Waals surface area contributed by atoms with Crippen LogP contribution in [0, 0.1) is 5.41 Å². The van der Waals surface area contributed by atoms with Crippen LogP contribution < -0.4 is 5.73 Å². The van der Waals surface area contributed by atoms with Gasteiger partial charge in [-0.15, -0.1) is 0 Å². The first kappa shape index (κ1) is 15.0. The van der Waals surface area contributed by atoms with Gasteiger partial charge in [0.1, 0.15) is 0 Å². The summed E-state index contributed by atoms with van der Waals surface area (Å²) in [5.41, 5.74) is 6.38. The van der Waals surface area contributed by atoms with Crippen molar-refractivity contribution in [1.29, 1.82) is 0 Å². The Morgan fingerprint density at radius 1 is 0.800 bits per heavy atom. The third-order valence-corrected chi connectivity index (χ3v) is 3.90. The first-order valence-electron chi connectivity index (χ1n) is 6.60. The Morgan fingerprint density at radius 3 is 1.73 bits per heavy atom. The molecule has 1 nitrogen and oxygen atoms in total.